The topological polar surface area (TPSA) is 101 Å². The Hall–Kier alpha value is -4.00. The van der Waals surface area contributed by atoms with Gasteiger partial charge in [0.25, 0.3) is 0 Å². The highest BCUT2D eigenvalue weighted by molar-refractivity contribution is 5.65. The van der Waals surface area contributed by atoms with Gasteiger partial charge in [0, 0.05) is 24.0 Å². The van der Waals surface area contributed by atoms with Crippen LogP contribution < -0.4 is 10.6 Å². The first-order chi connectivity index (χ1) is 14.2. The van der Waals surface area contributed by atoms with Gasteiger partial charge in [-0.3, -0.25) is 9.97 Å². The predicted molar refractivity (Wildman–Crippen MR) is 112 cm³/mol. The lowest BCUT2D eigenvalue weighted by Gasteiger charge is -2.23. The second kappa shape index (κ2) is 8.35. The van der Waals surface area contributed by atoms with E-state index in [0.717, 1.165) is 17.0 Å². The van der Waals surface area contributed by atoms with E-state index in [9.17, 15) is 5.11 Å². The van der Waals surface area contributed by atoms with E-state index in [1.807, 2.05) is 42.5 Å². The molecule has 0 amide bonds. The summed E-state index contributed by atoms with van der Waals surface area (Å²) in [6.07, 6.45) is 3.54. The normalized spacial score (nSPS) is 10.6. The van der Waals surface area contributed by atoms with Gasteiger partial charge in [-0.25, -0.2) is 4.98 Å². The highest BCUT2D eigenvalue weighted by Crippen LogP contribution is 2.26. The number of aromatic nitrogens is 4. The molecular formula is C22H20N6O. The van der Waals surface area contributed by atoms with Crippen LogP contribution in [0, 0.1) is 0 Å². The third-order valence-electron chi connectivity index (χ3n) is 4.37. The molecule has 0 saturated heterocycles. The van der Waals surface area contributed by atoms with Gasteiger partial charge in [0.2, 0.25) is 5.95 Å². The number of benzene rings is 1. The molecule has 0 atom stereocenters. The number of nitrogen functional groups attached to an aromatic ring is 1. The molecule has 0 aliphatic heterocycles. The molecule has 29 heavy (non-hydrogen) atoms. The summed E-state index contributed by atoms with van der Waals surface area (Å²) < 4.78 is 0. The van der Waals surface area contributed by atoms with Crippen LogP contribution in [0.15, 0.2) is 79.1 Å². The lowest BCUT2D eigenvalue weighted by Crippen LogP contribution is -2.24. The van der Waals surface area contributed by atoms with Crippen LogP contribution in [0.25, 0.3) is 11.3 Å². The first kappa shape index (κ1) is 18.4. The van der Waals surface area contributed by atoms with Gasteiger partial charge in [0.15, 0.2) is 0 Å². The maximum Gasteiger partial charge on any atom is 0.222 e. The number of nitrogens with two attached hydrogens (primary N) is 1. The number of hydrogen-bond donors (Lipinski definition) is 2. The Morgan fingerprint density at radius 2 is 1.41 bits per heavy atom. The highest BCUT2D eigenvalue weighted by atomic mass is 16.3. The number of nitrogens with zero attached hydrogens (tertiary/aromatic N) is 5. The molecule has 4 aromatic rings. The van der Waals surface area contributed by atoms with Gasteiger partial charge >= 0.3 is 0 Å². The van der Waals surface area contributed by atoms with Crippen LogP contribution >= 0.6 is 0 Å². The Labute approximate surface area is 168 Å². The molecular weight excluding hydrogens is 364 g/mol. The van der Waals surface area contributed by atoms with Crippen molar-refractivity contribution in [3.05, 3.63) is 90.5 Å². The van der Waals surface area contributed by atoms with E-state index in [1.165, 1.54) is 0 Å². The van der Waals surface area contributed by atoms with E-state index in [2.05, 4.69) is 24.8 Å². The number of pyridine rings is 2. The molecule has 0 aliphatic rings. The molecule has 1 aromatic carbocycles. The zero-order valence-corrected chi connectivity index (χ0v) is 15.7. The Kier molecular flexibility index (Phi) is 5.29. The molecule has 0 unspecified atom stereocenters. The van der Waals surface area contributed by atoms with Crippen LogP contribution in [0.1, 0.15) is 11.4 Å². The van der Waals surface area contributed by atoms with E-state index in [4.69, 9.17) is 5.73 Å². The molecule has 0 fully saturated rings. The third kappa shape index (κ3) is 4.65. The number of hydrogen-bond acceptors (Lipinski definition) is 7. The van der Waals surface area contributed by atoms with Gasteiger partial charge in [0.05, 0.1) is 30.2 Å². The van der Waals surface area contributed by atoms with Gasteiger partial charge in [-0.05, 0) is 48.5 Å². The van der Waals surface area contributed by atoms with Gasteiger partial charge in [0.1, 0.15) is 11.6 Å². The van der Waals surface area contributed by atoms with Crippen molar-refractivity contribution >= 4 is 11.8 Å². The molecule has 7 nitrogen and oxygen atoms in total. The first-order valence-electron chi connectivity index (χ1n) is 9.16. The van der Waals surface area contributed by atoms with Gasteiger partial charge < -0.3 is 15.7 Å². The summed E-state index contributed by atoms with van der Waals surface area (Å²) in [7, 11) is 0. The second-order valence-electron chi connectivity index (χ2n) is 6.51. The molecule has 0 saturated carbocycles. The molecule has 3 aromatic heterocycles. The molecule has 0 radical (unpaired) electrons. The Bertz CT molecular complexity index is 1030. The summed E-state index contributed by atoms with van der Waals surface area (Å²) in [4.78, 5) is 19.7. The van der Waals surface area contributed by atoms with Crippen molar-refractivity contribution in [2.75, 3.05) is 10.6 Å². The number of phenols is 1. The summed E-state index contributed by atoms with van der Waals surface area (Å²) in [5.41, 5.74) is 9.36. The minimum Gasteiger partial charge on any atom is -0.508 e. The van der Waals surface area contributed by atoms with Gasteiger partial charge in [-0.15, -0.1) is 0 Å². The Morgan fingerprint density at radius 1 is 0.793 bits per heavy atom. The zero-order valence-electron chi connectivity index (χ0n) is 15.7. The van der Waals surface area contributed by atoms with Crippen molar-refractivity contribution in [3.63, 3.8) is 0 Å². The van der Waals surface area contributed by atoms with Crippen molar-refractivity contribution in [2.45, 2.75) is 13.1 Å². The maximum atomic E-state index is 9.55. The summed E-state index contributed by atoms with van der Waals surface area (Å²) in [6.45, 7) is 1.09. The fourth-order valence-electron chi connectivity index (χ4n) is 2.99. The van der Waals surface area contributed by atoms with Crippen LogP contribution in [0.3, 0.4) is 0 Å². The highest BCUT2D eigenvalue weighted by Gasteiger charge is 2.14. The Morgan fingerprint density at radius 3 is 1.97 bits per heavy atom. The predicted octanol–water partition coefficient (Wildman–Crippen LogP) is 3.43. The van der Waals surface area contributed by atoms with E-state index < -0.39 is 0 Å². The average molecular weight is 384 g/mol. The van der Waals surface area contributed by atoms with Crippen LogP contribution in [0.4, 0.5) is 11.8 Å². The number of phenolic OH excluding ortho intramolecular Hbond substituents is 1. The standard InChI is InChI=1S/C22H20N6O/c23-22-26-20(16-7-9-19(29)10-8-16)13-21(27-22)28(14-17-5-1-3-11-24-17)15-18-6-2-4-12-25-18/h1-13,29H,14-15H2,(H2,23,26,27). The van der Waals surface area contributed by atoms with Crippen LogP contribution in [0.5, 0.6) is 5.75 Å². The van der Waals surface area contributed by atoms with Crippen molar-refractivity contribution in [3.8, 4) is 17.0 Å². The lowest BCUT2D eigenvalue weighted by atomic mass is 10.1. The first-order valence-corrected chi connectivity index (χ1v) is 9.16. The van der Waals surface area contributed by atoms with E-state index in [0.29, 0.717) is 24.6 Å². The van der Waals surface area contributed by atoms with Crippen molar-refractivity contribution in [1.29, 1.82) is 0 Å². The number of aromatic hydroxyl groups is 1. The molecule has 144 valence electrons. The quantitative estimate of drug-likeness (QED) is 0.525. The monoisotopic (exact) mass is 384 g/mol. The van der Waals surface area contributed by atoms with E-state index in [-0.39, 0.29) is 11.7 Å². The zero-order chi connectivity index (χ0) is 20.1. The minimum absolute atomic E-state index is 0.178. The fraction of sp³-hybridized carbons (Fsp3) is 0.0909. The number of anilines is 2. The number of rotatable bonds is 6. The van der Waals surface area contributed by atoms with E-state index >= 15 is 0 Å². The summed E-state index contributed by atoms with van der Waals surface area (Å²) in [6, 6.07) is 20.3. The van der Waals surface area contributed by atoms with Crippen molar-refractivity contribution in [1.82, 2.24) is 19.9 Å². The second-order valence-corrected chi connectivity index (χ2v) is 6.51. The largest absolute Gasteiger partial charge is 0.508 e. The van der Waals surface area contributed by atoms with Crippen LogP contribution in [-0.2, 0) is 13.1 Å². The molecule has 4 rings (SSSR count). The molecule has 0 bridgehead atoms. The smallest absolute Gasteiger partial charge is 0.222 e. The maximum absolute atomic E-state index is 9.55. The van der Waals surface area contributed by atoms with E-state index in [1.54, 1.807) is 36.7 Å². The lowest BCUT2D eigenvalue weighted by molar-refractivity contribution is 0.475. The van der Waals surface area contributed by atoms with Gasteiger partial charge in [-0.2, -0.15) is 4.98 Å². The minimum atomic E-state index is 0.178. The molecule has 3 heterocycles. The van der Waals surface area contributed by atoms with Gasteiger partial charge in [-0.1, -0.05) is 12.1 Å². The average Bonchev–Trinajstić information content (AvgIpc) is 2.75. The molecule has 0 spiro atoms. The molecule has 7 heteroatoms. The summed E-state index contributed by atoms with van der Waals surface area (Å²) >= 11 is 0. The molecule has 3 N–H and O–H groups in total. The van der Waals surface area contributed by atoms with Crippen molar-refractivity contribution < 1.29 is 5.11 Å². The SMILES string of the molecule is Nc1nc(-c2ccc(O)cc2)cc(N(Cc2ccccn2)Cc2ccccn2)n1. The van der Waals surface area contributed by atoms with Crippen molar-refractivity contribution in [2.24, 2.45) is 0 Å². The third-order valence-corrected chi connectivity index (χ3v) is 4.37. The van der Waals surface area contributed by atoms with Crippen LogP contribution in [0.2, 0.25) is 0 Å². The summed E-state index contributed by atoms with van der Waals surface area (Å²) in [5, 5.41) is 9.55. The fourth-order valence-corrected chi connectivity index (χ4v) is 2.99. The van der Waals surface area contributed by atoms with Crippen LogP contribution in [-0.4, -0.2) is 25.0 Å². The summed E-state index contributed by atoms with van der Waals surface area (Å²) in [5.74, 6) is 1.05. The Balaban J connectivity index is 1.72. The molecule has 0 aliphatic carbocycles.